The van der Waals surface area contributed by atoms with E-state index in [1.165, 1.54) is 76.6 Å². The fourth-order valence-corrected chi connectivity index (χ4v) is 6.79. The number of sulfonamides is 1. The van der Waals surface area contributed by atoms with Crippen LogP contribution in [0.5, 0.6) is 0 Å². The van der Waals surface area contributed by atoms with Crippen LogP contribution in [0.1, 0.15) is 119 Å². The van der Waals surface area contributed by atoms with E-state index in [1.54, 1.807) is 12.1 Å². The van der Waals surface area contributed by atoms with Crippen LogP contribution in [-0.2, 0) is 49.8 Å². The summed E-state index contributed by atoms with van der Waals surface area (Å²) in [5.41, 5.74) is 1.22. The Kier molecular flexibility index (Phi) is 28.1. The number of nitrogens with zero attached hydrogens (tertiary/aromatic N) is 2. The maximum Gasteiger partial charge on any atom is 0.329 e. The molecule has 0 bridgehead atoms. The second kappa shape index (κ2) is 32.6. The number of aliphatic carboxylic acids is 2. The number of ether oxygens (including phenoxy) is 4. The molecular weight excluding hydrogens is 787 g/mol. The quantitative estimate of drug-likeness (QED) is 0.0550. The summed E-state index contributed by atoms with van der Waals surface area (Å²) >= 11 is 0. The number of anilines is 1. The molecule has 0 atom stereocenters. The lowest BCUT2D eigenvalue weighted by molar-refractivity contribution is -0.143. The second-order valence-electron chi connectivity index (χ2n) is 14.1. The highest BCUT2D eigenvalue weighted by atomic mass is 32.2. The predicted molar refractivity (Wildman–Crippen MR) is 221 cm³/mol. The Morgan fingerprint density at radius 3 is 1.56 bits per heavy atom. The Labute approximate surface area is 348 Å². The standard InChI is InChI=1S/C41H65N5O12S/c47-37(42-22-24-55-27-29-58-33-39(50)51)32-57-28-26-56-25-23-43-40(52)35-30-44-41(45-31-35)46-59(53,54)36-20-18-34(19-21-36)16-14-12-10-8-6-4-2-1-3-5-7-9-11-13-15-17-38(48)49/h18-21,30-31H,1-17,22-29,32-33H2,(H,42,47)(H,43,52)(H,48,49)(H,50,51)(H,44,45,46). The third kappa shape index (κ3) is 27.2. The Morgan fingerprint density at radius 1 is 0.559 bits per heavy atom. The summed E-state index contributed by atoms with van der Waals surface area (Å²) in [5.74, 6) is -2.69. The molecule has 1 aromatic carbocycles. The van der Waals surface area contributed by atoms with E-state index in [9.17, 15) is 27.6 Å². The molecular formula is C41H65N5O12S. The molecule has 1 heterocycles. The molecule has 0 aliphatic rings. The molecule has 0 aliphatic carbocycles. The van der Waals surface area contributed by atoms with E-state index >= 15 is 0 Å². The number of aromatic nitrogens is 2. The third-order valence-electron chi connectivity index (χ3n) is 9.03. The maximum absolute atomic E-state index is 12.9. The first kappa shape index (κ1) is 50.9. The van der Waals surface area contributed by atoms with Crippen molar-refractivity contribution in [3.05, 3.63) is 47.8 Å². The number of carbonyl (C=O) groups excluding carboxylic acids is 2. The largest absolute Gasteiger partial charge is 0.481 e. The van der Waals surface area contributed by atoms with Crippen molar-refractivity contribution in [3.63, 3.8) is 0 Å². The number of hydrogen-bond acceptors (Lipinski definition) is 12. The predicted octanol–water partition coefficient (Wildman–Crippen LogP) is 5.14. The Balaban J connectivity index is 1.48. The van der Waals surface area contributed by atoms with Gasteiger partial charge in [-0.3, -0.25) is 14.4 Å². The van der Waals surface area contributed by atoms with Gasteiger partial charge in [0.2, 0.25) is 11.9 Å². The number of unbranched alkanes of at least 4 members (excludes halogenated alkanes) is 14. The van der Waals surface area contributed by atoms with Gasteiger partial charge in [0.1, 0.15) is 13.2 Å². The molecule has 2 amide bonds. The van der Waals surface area contributed by atoms with Gasteiger partial charge in [-0.25, -0.2) is 27.9 Å². The number of carboxylic acid groups (broad SMARTS) is 2. The minimum atomic E-state index is -3.92. The van der Waals surface area contributed by atoms with Gasteiger partial charge in [-0.1, -0.05) is 95.6 Å². The normalized spacial score (nSPS) is 11.3. The molecule has 0 unspecified atom stereocenters. The summed E-state index contributed by atoms with van der Waals surface area (Å²) in [6, 6.07) is 6.79. The molecule has 0 fully saturated rings. The summed E-state index contributed by atoms with van der Waals surface area (Å²) in [6.45, 7) is 1.07. The van der Waals surface area contributed by atoms with E-state index in [-0.39, 0.29) is 94.7 Å². The first-order valence-electron chi connectivity index (χ1n) is 20.8. The molecule has 17 nitrogen and oxygen atoms in total. The lowest BCUT2D eigenvalue weighted by Gasteiger charge is -2.09. The molecule has 2 aromatic rings. The van der Waals surface area contributed by atoms with Crippen molar-refractivity contribution in [2.45, 2.75) is 114 Å². The summed E-state index contributed by atoms with van der Waals surface area (Å²) in [5, 5.41) is 22.4. The molecule has 2 rings (SSSR count). The summed E-state index contributed by atoms with van der Waals surface area (Å²) < 4.78 is 48.9. The van der Waals surface area contributed by atoms with E-state index in [2.05, 4.69) is 25.3 Å². The zero-order chi connectivity index (χ0) is 42.8. The van der Waals surface area contributed by atoms with Crippen LogP contribution in [-0.4, -0.2) is 118 Å². The Morgan fingerprint density at radius 2 is 1.03 bits per heavy atom. The van der Waals surface area contributed by atoms with Gasteiger partial charge >= 0.3 is 11.9 Å². The number of carboxylic acids is 2. The zero-order valence-corrected chi connectivity index (χ0v) is 35.2. The van der Waals surface area contributed by atoms with Crippen LogP contribution in [0, 0.1) is 0 Å². The van der Waals surface area contributed by atoms with Crippen LogP contribution in [0.3, 0.4) is 0 Å². The minimum Gasteiger partial charge on any atom is -0.481 e. The van der Waals surface area contributed by atoms with Crippen LogP contribution < -0.4 is 15.4 Å². The molecule has 5 N–H and O–H groups in total. The van der Waals surface area contributed by atoms with E-state index in [4.69, 9.17) is 29.2 Å². The lowest BCUT2D eigenvalue weighted by Crippen LogP contribution is -2.31. The molecule has 1 aromatic heterocycles. The second-order valence-corrected chi connectivity index (χ2v) is 15.8. The molecule has 0 aliphatic heterocycles. The van der Waals surface area contributed by atoms with Gasteiger partial charge in [-0.2, -0.15) is 0 Å². The van der Waals surface area contributed by atoms with Crippen LogP contribution in [0.4, 0.5) is 5.95 Å². The van der Waals surface area contributed by atoms with Crippen molar-refractivity contribution in [1.29, 1.82) is 0 Å². The van der Waals surface area contributed by atoms with Crippen LogP contribution in [0.15, 0.2) is 41.6 Å². The van der Waals surface area contributed by atoms with Gasteiger partial charge in [0.15, 0.2) is 0 Å². The number of aryl methyl sites for hydroxylation is 1. The van der Waals surface area contributed by atoms with Gasteiger partial charge in [0, 0.05) is 31.9 Å². The van der Waals surface area contributed by atoms with E-state index in [0.717, 1.165) is 44.1 Å². The first-order valence-corrected chi connectivity index (χ1v) is 22.3. The molecule has 18 heteroatoms. The average molecular weight is 852 g/mol. The topological polar surface area (TPSA) is 242 Å². The summed E-state index contributed by atoms with van der Waals surface area (Å²) in [4.78, 5) is 53.1. The van der Waals surface area contributed by atoms with Crippen molar-refractivity contribution in [2.75, 3.05) is 70.7 Å². The number of nitrogens with one attached hydrogen (secondary N) is 3. The van der Waals surface area contributed by atoms with E-state index in [1.807, 2.05) is 12.1 Å². The maximum atomic E-state index is 12.9. The minimum absolute atomic E-state index is 0.0920. The monoisotopic (exact) mass is 851 g/mol. The Bertz CT molecular complexity index is 1560. The van der Waals surface area contributed by atoms with E-state index in [0.29, 0.717) is 0 Å². The van der Waals surface area contributed by atoms with Gasteiger partial charge < -0.3 is 39.8 Å². The SMILES string of the molecule is O=C(O)CCCCCCCCCCCCCCCCCc1ccc(S(=O)(=O)Nc2ncc(C(=O)NCCOCCOCC(=O)NCCOCCOCC(=O)O)cn2)cc1. The lowest BCUT2D eigenvalue weighted by atomic mass is 10.0. The zero-order valence-electron chi connectivity index (χ0n) is 34.3. The third-order valence-corrected chi connectivity index (χ3v) is 10.4. The number of amides is 2. The molecule has 0 saturated heterocycles. The van der Waals surface area contributed by atoms with Crippen molar-refractivity contribution in [2.24, 2.45) is 0 Å². The highest BCUT2D eigenvalue weighted by Crippen LogP contribution is 2.17. The summed E-state index contributed by atoms with van der Waals surface area (Å²) in [6.07, 6.45) is 21.4. The summed E-state index contributed by atoms with van der Waals surface area (Å²) in [7, 11) is -3.92. The molecule has 332 valence electrons. The van der Waals surface area contributed by atoms with Crippen molar-refractivity contribution in [1.82, 2.24) is 20.6 Å². The Hall–Kier alpha value is -4.23. The van der Waals surface area contributed by atoms with E-state index < -0.39 is 27.9 Å². The van der Waals surface area contributed by atoms with Crippen LogP contribution >= 0.6 is 0 Å². The van der Waals surface area contributed by atoms with Crippen LogP contribution in [0.25, 0.3) is 0 Å². The van der Waals surface area contributed by atoms with Gasteiger partial charge in [-0.15, -0.1) is 0 Å². The molecule has 0 spiro atoms. The van der Waals surface area contributed by atoms with Gasteiger partial charge in [0.25, 0.3) is 15.9 Å². The highest BCUT2D eigenvalue weighted by Gasteiger charge is 2.16. The van der Waals surface area contributed by atoms with Gasteiger partial charge in [0.05, 0.1) is 50.1 Å². The molecule has 59 heavy (non-hydrogen) atoms. The average Bonchev–Trinajstić information content (AvgIpc) is 3.21. The van der Waals surface area contributed by atoms with Crippen molar-refractivity contribution in [3.8, 4) is 0 Å². The van der Waals surface area contributed by atoms with Gasteiger partial charge in [-0.05, 0) is 37.0 Å². The first-order chi connectivity index (χ1) is 28.6. The number of carbonyl (C=O) groups is 4. The molecule has 0 saturated carbocycles. The highest BCUT2D eigenvalue weighted by molar-refractivity contribution is 7.92. The fraction of sp³-hybridized carbons (Fsp3) is 0.659. The van der Waals surface area contributed by atoms with Crippen molar-refractivity contribution < 1.29 is 56.8 Å². The van der Waals surface area contributed by atoms with Crippen molar-refractivity contribution >= 4 is 39.7 Å². The molecule has 0 radical (unpaired) electrons. The number of benzene rings is 1. The number of rotatable bonds is 38. The smallest absolute Gasteiger partial charge is 0.329 e. The number of hydrogen-bond donors (Lipinski definition) is 5. The fourth-order valence-electron chi connectivity index (χ4n) is 5.83. The van der Waals surface area contributed by atoms with Crippen LogP contribution in [0.2, 0.25) is 0 Å².